The minimum atomic E-state index is -3.96. The van der Waals surface area contributed by atoms with Crippen molar-refractivity contribution in [1.82, 2.24) is 10.0 Å². The van der Waals surface area contributed by atoms with Crippen LogP contribution in [0.4, 0.5) is 4.79 Å². The number of carbonyl (C=O) groups excluding carboxylic acids is 2. The van der Waals surface area contributed by atoms with E-state index in [1.165, 1.54) is 12.1 Å². The Hall–Kier alpha value is -2.13. The number of carboxylic acid groups (broad SMARTS) is 1. The van der Waals surface area contributed by atoms with Gasteiger partial charge in [-0.15, -0.1) is 0 Å². The van der Waals surface area contributed by atoms with E-state index in [-0.39, 0.29) is 24.3 Å². The molecule has 0 aromatic heterocycles. The summed E-state index contributed by atoms with van der Waals surface area (Å²) in [6.07, 6.45) is 0.200. The normalized spacial score (nSPS) is 12.6. The molecule has 0 unspecified atom stereocenters. The number of benzene rings is 1. The van der Waals surface area contributed by atoms with Crippen LogP contribution in [0.5, 0.6) is 0 Å². The lowest BCUT2D eigenvalue weighted by molar-refractivity contribution is -0.308. The molecular weight excluding hydrogens is 310 g/mol. The molecule has 0 spiro atoms. The topological polar surface area (TPSA) is 141 Å². The number of aliphatic carboxylic acids is 1. The minimum Gasteiger partial charge on any atom is -0.548 e. The third-order valence-corrected chi connectivity index (χ3v) is 4.37. The summed E-state index contributed by atoms with van der Waals surface area (Å²) in [6, 6.07) is 3.88. The number of carbonyl (C=O) groups is 2. The summed E-state index contributed by atoms with van der Waals surface area (Å²) in [7, 11) is -3.96. The zero-order valence-electron chi connectivity index (χ0n) is 12.0. The maximum atomic E-state index is 12.1. The van der Waals surface area contributed by atoms with Crippen LogP contribution in [0.3, 0.4) is 0 Å². The van der Waals surface area contributed by atoms with Gasteiger partial charge in [-0.25, -0.2) is 17.9 Å². The third kappa shape index (κ3) is 5.70. The molecule has 0 bridgehead atoms. The van der Waals surface area contributed by atoms with Crippen LogP contribution in [0.1, 0.15) is 18.4 Å². The molecule has 0 radical (unpaired) electrons. The first-order valence-corrected chi connectivity index (χ1v) is 8.04. The third-order valence-electron chi connectivity index (χ3n) is 2.88. The van der Waals surface area contributed by atoms with Gasteiger partial charge in [0.2, 0.25) is 10.0 Å². The Bertz CT molecular complexity index is 628. The molecule has 0 saturated heterocycles. The predicted molar refractivity (Wildman–Crippen MR) is 77.1 cm³/mol. The number of urea groups is 1. The molecule has 1 aromatic carbocycles. The van der Waals surface area contributed by atoms with E-state index in [2.05, 4.69) is 10.0 Å². The summed E-state index contributed by atoms with van der Waals surface area (Å²) >= 11 is 0. The molecule has 8 nitrogen and oxygen atoms in total. The van der Waals surface area contributed by atoms with E-state index in [0.717, 1.165) is 5.56 Å². The number of nitrogens with one attached hydrogen (secondary N) is 2. The van der Waals surface area contributed by atoms with Crippen LogP contribution in [0.15, 0.2) is 29.2 Å². The maximum Gasteiger partial charge on any atom is 0.312 e. The first-order valence-electron chi connectivity index (χ1n) is 6.55. The van der Waals surface area contributed by atoms with Crippen molar-refractivity contribution in [1.29, 1.82) is 0 Å². The molecule has 0 aliphatic carbocycles. The predicted octanol–water partition coefficient (Wildman–Crippen LogP) is -1.16. The number of hydrogen-bond acceptors (Lipinski definition) is 5. The van der Waals surface area contributed by atoms with Crippen molar-refractivity contribution in [3.05, 3.63) is 29.8 Å². The summed E-state index contributed by atoms with van der Waals surface area (Å²) in [4.78, 5) is 21.5. The maximum absolute atomic E-state index is 12.1. The Morgan fingerprint density at radius 2 is 1.86 bits per heavy atom. The van der Waals surface area contributed by atoms with Crippen LogP contribution in [0.2, 0.25) is 0 Å². The quantitative estimate of drug-likeness (QED) is 0.516. The highest BCUT2D eigenvalue weighted by Crippen LogP contribution is 2.11. The molecule has 4 N–H and O–H groups in total. The molecule has 0 aliphatic rings. The molecule has 122 valence electrons. The van der Waals surface area contributed by atoms with E-state index < -0.39 is 28.1 Å². The zero-order chi connectivity index (χ0) is 16.8. The number of hydrogen-bond donors (Lipinski definition) is 3. The number of rotatable bonds is 8. The average molecular weight is 328 g/mol. The molecule has 1 aromatic rings. The zero-order valence-corrected chi connectivity index (χ0v) is 12.9. The Balaban J connectivity index is 2.71. The second kappa shape index (κ2) is 7.76. The fourth-order valence-electron chi connectivity index (χ4n) is 1.72. The van der Waals surface area contributed by atoms with Crippen LogP contribution < -0.4 is 20.9 Å². The van der Waals surface area contributed by atoms with Crippen molar-refractivity contribution in [3.8, 4) is 0 Å². The fourth-order valence-corrected chi connectivity index (χ4v) is 2.93. The van der Waals surface area contributed by atoms with E-state index in [4.69, 9.17) is 5.73 Å². The molecule has 0 fully saturated rings. The van der Waals surface area contributed by atoms with Crippen LogP contribution in [-0.2, 0) is 14.8 Å². The van der Waals surface area contributed by atoms with E-state index >= 15 is 0 Å². The number of carboxylic acids is 1. The number of sulfonamides is 1. The van der Waals surface area contributed by atoms with Gasteiger partial charge in [0.1, 0.15) is 0 Å². The first-order chi connectivity index (χ1) is 10.2. The summed E-state index contributed by atoms with van der Waals surface area (Å²) in [5.41, 5.74) is 5.75. The Morgan fingerprint density at radius 1 is 1.27 bits per heavy atom. The van der Waals surface area contributed by atoms with Crippen molar-refractivity contribution in [2.45, 2.75) is 30.7 Å². The van der Waals surface area contributed by atoms with Gasteiger partial charge in [-0.3, -0.25) is 0 Å². The highest BCUT2D eigenvalue weighted by molar-refractivity contribution is 7.89. The minimum absolute atomic E-state index is 0.0281. The van der Waals surface area contributed by atoms with Gasteiger partial charge in [-0.05, 0) is 31.9 Å². The van der Waals surface area contributed by atoms with Gasteiger partial charge in [0.15, 0.2) is 0 Å². The van der Waals surface area contributed by atoms with Gasteiger partial charge >= 0.3 is 6.03 Å². The number of amides is 2. The molecular formula is C13H18N3O5S-. The van der Waals surface area contributed by atoms with Gasteiger partial charge in [0.25, 0.3) is 0 Å². The summed E-state index contributed by atoms with van der Waals surface area (Å²) in [6.45, 7) is 1.95. The molecule has 0 saturated carbocycles. The van der Waals surface area contributed by atoms with E-state index in [1.807, 2.05) is 0 Å². The summed E-state index contributed by atoms with van der Waals surface area (Å²) in [5, 5.41) is 13.3. The molecule has 1 atom stereocenters. The Morgan fingerprint density at radius 3 is 2.36 bits per heavy atom. The lowest BCUT2D eigenvalue weighted by Crippen LogP contribution is -2.48. The summed E-state index contributed by atoms with van der Waals surface area (Å²) < 4.78 is 26.3. The van der Waals surface area contributed by atoms with Crippen molar-refractivity contribution in [2.24, 2.45) is 5.73 Å². The lowest BCUT2D eigenvalue weighted by Gasteiger charge is -2.19. The van der Waals surface area contributed by atoms with Crippen molar-refractivity contribution in [2.75, 3.05) is 6.54 Å². The van der Waals surface area contributed by atoms with E-state index in [9.17, 15) is 23.1 Å². The Kier molecular flexibility index (Phi) is 6.32. The number of aryl methyl sites for hydroxylation is 1. The van der Waals surface area contributed by atoms with Gasteiger partial charge in [0, 0.05) is 6.54 Å². The van der Waals surface area contributed by atoms with Crippen molar-refractivity contribution >= 4 is 22.0 Å². The number of primary amides is 1. The first kappa shape index (κ1) is 17.9. The standard InChI is InChI=1S/C13H19N3O5S/c1-9-4-6-10(7-5-9)22(20,21)16-11(12(17)18)3-2-8-15-13(14)19/h4-7,11,16H,2-3,8H2,1H3,(H,17,18)(H3,14,15,19)/p-1/t11-/m0/s1. The smallest absolute Gasteiger partial charge is 0.312 e. The highest BCUT2D eigenvalue weighted by atomic mass is 32.2. The second-order valence-corrected chi connectivity index (χ2v) is 6.45. The van der Waals surface area contributed by atoms with Crippen molar-refractivity contribution < 1.29 is 23.1 Å². The van der Waals surface area contributed by atoms with Crippen LogP contribution in [0, 0.1) is 6.92 Å². The Labute approximate surface area is 128 Å². The van der Waals surface area contributed by atoms with Crippen LogP contribution in [0.25, 0.3) is 0 Å². The largest absolute Gasteiger partial charge is 0.548 e. The summed E-state index contributed by atoms with van der Waals surface area (Å²) in [5.74, 6) is -1.53. The average Bonchev–Trinajstić information content (AvgIpc) is 2.42. The molecule has 22 heavy (non-hydrogen) atoms. The van der Waals surface area contributed by atoms with E-state index in [0.29, 0.717) is 0 Å². The van der Waals surface area contributed by atoms with Gasteiger partial charge in [-0.2, -0.15) is 0 Å². The van der Waals surface area contributed by atoms with Crippen LogP contribution in [-0.4, -0.2) is 33.0 Å². The molecule has 2 amide bonds. The van der Waals surface area contributed by atoms with Gasteiger partial charge in [-0.1, -0.05) is 17.7 Å². The highest BCUT2D eigenvalue weighted by Gasteiger charge is 2.20. The molecule has 0 heterocycles. The van der Waals surface area contributed by atoms with E-state index in [1.54, 1.807) is 19.1 Å². The van der Waals surface area contributed by atoms with Gasteiger partial charge < -0.3 is 21.0 Å². The lowest BCUT2D eigenvalue weighted by atomic mass is 10.2. The SMILES string of the molecule is Cc1ccc(S(=O)(=O)N[C@@H](CCCNC(N)=O)C(=O)[O-])cc1. The monoisotopic (exact) mass is 328 g/mol. The number of nitrogens with two attached hydrogens (primary N) is 1. The fraction of sp³-hybridized carbons (Fsp3) is 0.385. The van der Waals surface area contributed by atoms with Gasteiger partial charge in [0.05, 0.1) is 16.9 Å². The molecule has 9 heteroatoms. The van der Waals surface area contributed by atoms with Crippen LogP contribution >= 0.6 is 0 Å². The molecule has 0 aliphatic heterocycles. The van der Waals surface area contributed by atoms with Crippen molar-refractivity contribution in [3.63, 3.8) is 0 Å². The molecule has 1 rings (SSSR count). The second-order valence-electron chi connectivity index (χ2n) is 4.74.